The van der Waals surface area contributed by atoms with Gasteiger partial charge in [-0.2, -0.15) is 0 Å². The summed E-state index contributed by atoms with van der Waals surface area (Å²) in [7, 11) is 0. The minimum Gasteiger partial charge on any atom is -0.481 e. The molecule has 0 aliphatic carbocycles. The Morgan fingerprint density at radius 3 is 2.72 bits per heavy atom. The van der Waals surface area contributed by atoms with Gasteiger partial charge in [-0.1, -0.05) is 26.5 Å². The average Bonchev–Trinajstić information content (AvgIpc) is 2.34. The lowest BCUT2D eigenvalue weighted by Gasteiger charge is -2.38. The number of carbonyl (C=O) groups is 2. The Morgan fingerprint density at radius 2 is 2.22 bits per heavy atom. The van der Waals surface area contributed by atoms with Gasteiger partial charge in [0.1, 0.15) is 6.61 Å². The SMILES string of the molecule is C=CCOC(=O)N1CC[C@@H](C(=O)O)[C@@H](C(C)C)C1. The summed E-state index contributed by atoms with van der Waals surface area (Å²) >= 11 is 0. The summed E-state index contributed by atoms with van der Waals surface area (Å²) in [6.45, 7) is 8.53. The maximum Gasteiger partial charge on any atom is 0.410 e. The van der Waals surface area contributed by atoms with Crippen LogP contribution in [-0.2, 0) is 9.53 Å². The highest BCUT2D eigenvalue weighted by molar-refractivity contribution is 5.72. The summed E-state index contributed by atoms with van der Waals surface area (Å²) in [6, 6.07) is 0. The van der Waals surface area contributed by atoms with Gasteiger partial charge in [0.25, 0.3) is 0 Å². The number of piperidine rings is 1. The molecule has 2 atom stereocenters. The molecule has 0 saturated carbocycles. The molecule has 0 unspecified atom stereocenters. The Hall–Kier alpha value is -1.52. The van der Waals surface area contributed by atoms with Crippen LogP contribution in [0.5, 0.6) is 0 Å². The first-order valence-electron chi connectivity index (χ1n) is 6.22. The molecular formula is C13H21NO4. The van der Waals surface area contributed by atoms with Gasteiger partial charge in [0.2, 0.25) is 0 Å². The fourth-order valence-corrected chi connectivity index (χ4v) is 2.35. The number of carboxylic acid groups (broad SMARTS) is 1. The second-order valence-electron chi connectivity index (χ2n) is 4.95. The molecule has 0 radical (unpaired) electrons. The molecule has 1 rings (SSSR count). The Bertz CT molecular complexity index is 327. The van der Waals surface area contributed by atoms with Crippen molar-refractivity contribution in [2.75, 3.05) is 19.7 Å². The van der Waals surface area contributed by atoms with Gasteiger partial charge in [-0.3, -0.25) is 4.79 Å². The van der Waals surface area contributed by atoms with Crippen molar-refractivity contribution >= 4 is 12.1 Å². The van der Waals surface area contributed by atoms with E-state index in [4.69, 9.17) is 4.74 Å². The summed E-state index contributed by atoms with van der Waals surface area (Å²) in [5.41, 5.74) is 0. The molecule has 1 aliphatic rings. The van der Waals surface area contributed by atoms with Gasteiger partial charge in [-0.15, -0.1) is 0 Å². The Balaban J connectivity index is 2.65. The van der Waals surface area contributed by atoms with Gasteiger partial charge in [0.05, 0.1) is 5.92 Å². The largest absolute Gasteiger partial charge is 0.481 e. The number of likely N-dealkylation sites (tertiary alicyclic amines) is 1. The molecule has 102 valence electrons. The second kappa shape index (κ2) is 6.42. The monoisotopic (exact) mass is 255 g/mol. The van der Waals surface area contributed by atoms with Crippen LogP contribution in [0.2, 0.25) is 0 Å². The first-order valence-corrected chi connectivity index (χ1v) is 6.22. The third-order valence-electron chi connectivity index (χ3n) is 3.41. The summed E-state index contributed by atoms with van der Waals surface area (Å²) in [5, 5.41) is 9.18. The summed E-state index contributed by atoms with van der Waals surface area (Å²) in [4.78, 5) is 24.5. The van der Waals surface area contributed by atoms with Crippen molar-refractivity contribution in [3.05, 3.63) is 12.7 Å². The molecule has 5 heteroatoms. The lowest BCUT2D eigenvalue weighted by Crippen LogP contribution is -2.47. The van der Waals surface area contributed by atoms with Crippen LogP contribution in [0.3, 0.4) is 0 Å². The molecule has 0 bridgehead atoms. The normalized spacial score (nSPS) is 23.8. The van der Waals surface area contributed by atoms with E-state index in [1.165, 1.54) is 6.08 Å². The maximum atomic E-state index is 11.7. The number of carboxylic acids is 1. The van der Waals surface area contributed by atoms with E-state index in [1.54, 1.807) is 4.90 Å². The molecule has 1 amide bonds. The smallest absolute Gasteiger partial charge is 0.410 e. The Kier molecular flexibility index (Phi) is 5.19. The highest BCUT2D eigenvalue weighted by Crippen LogP contribution is 2.30. The highest BCUT2D eigenvalue weighted by Gasteiger charge is 2.37. The number of rotatable bonds is 4. The quantitative estimate of drug-likeness (QED) is 0.780. The molecule has 1 saturated heterocycles. The van der Waals surface area contributed by atoms with Gasteiger partial charge in [-0.05, 0) is 18.3 Å². The zero-order valence-electron chi connectivity index (χ0n) is 11.0. The fraction of sp³-hybridized carbons (Fsp3) is 0.692. The van der Waals surface area contributed by atoms with Gasteiger partial charge < -0.3 is 14.7 Å². The topological polar surface area (TPSA) is 66.8 Å². The molecule has 0 aromatic carbocycles. The highest BCUT2D eigenvalue weighted by atomic mass is 16.6. The van der Waals surface area contributed by atoms with E-state index in [9.17, 15) is 14.7 Å². The summed E-state index contributed by atoms with van der Waals surface area (Å²) in [5.74, 6) is -0.935. The van der Waals surface area contributed by atoms with E-state index in [1.807, 2.05) is 13.8 Å². The Labute approximate surface area is 107 Å². The first-order chi connectivity index (χ1) is 8.47. The fourth-order valence-electron chi connectivity index (χ4n) is 2.35. The minimum absolute atomic E-state index is 0.0208. The van der Waals surface area contributed by atoms with Crippen LogP contribution >= 0.6 is 0 Å². The van der Waals surface area contributed by atoms with Crippen molar-refractivity contribution in [3.63, 3.8) is 0 Å². The van der Waals surface area contributed by atoms with E-state index < -0.39 is 5.97 Å². The van der Waals surface area contributed by atoms with E-state index >= 15 is 0 Å². The molecule has 1 heterocycles. The molecule has 0 aromatic heterocycles. The third-order valence-corrected chi connectivity index (χ3v) is 3.41. The van der Waals surface area contributed by atoms with Gasteiger partial charge in [-0.25, -0.2) is 4.79 Å². The van der Waals surface area contributed by atoms with Crippen molar-refractivity contribution < 1.29 is 19.4 Å². The zero-order valence-corrected chi connectivity index (χ0v) is 11.0. The number of carbonyl (C=O) groups excluding carboxylic acids is 1. The van der Waals surface area contributed by atoms with E-state index in [2.05, 4.69) is 6.58 Å². The summed E-state index contributed by atoms with van der Waals surface area (Å²) < 4.78 is 4.98. The van der Waals surface area contributed by atoms with Crippen LogP contribution in [0.1, 0.15) is 20.3 Å². The number of hydrogen-bond acceptors (Lipinski definition) is 3. The number of ether oxygens (including phenoxy) is 1. The predicted octanol–water partition coefficient (Wildman–Crippen LogP) is 1.99. The van der Waals surface area contributed by atoms with E-state index in [0.29, 0.717) is 19.5 Å². The number of hydrogen-bond donors (Lipinski definition) is 1. The molecule has 18 heavy (non-hydrogen) atoms. The molecule has 1 N–H and O–H groups in total. The van der Waals surface area contributed by atoms with Crippen LogP contribution in [0.4, 0.5) is 4.79 Å². The average molecular weight is 255 g/mol. The minimum atomic E-state index is -0.771. The lowest BCUT2D eigenvalue weighted by molar-refractivity contribution is -0.146. The van der Waals surface area contributed by atoms with Crippen molar-refractivity contribution in [2.45, 2.75) is 20.3 Å². The molecule has 5 nitrogen and oxygen atoms in total. The van der Waals surface area contributed by atoms with Crippen molar-refractivity contribution in [3.8, 4) is 0 Å². The molecule has 1 fully saturated rings. The maximum absolute atomic E-state index is 11.7. The number of aliphatic carboxylic acids is 1. The van der Waals surface area contributed by atoms with Crippen LogP contribution in [-0.4, -0.2) is 41.8 Å². The molecular weight excluding hydrogens is 234 g/mol. The standard InChI is InChI=1S/C13H21NO4/c1-4-7-18-13(17)14-6-5-10(12(15)16)11(8-14)9(2)3/h4,9-11H,1,5-8H2,2-3H3,(H,15,16)/t10-,11-/m1/s1. The molecule has 1 aliphatic heterocycles. The summed E-state index contributed by atoms with van der Waals surface area (Å²) in [6.07, 6.45) is 1.62. The van der Waals surface area contributed by atoms with Crippen molar-refractivity contribution in [1.29, 1.82) is 0 Å². The van der Waals surface area contributed by atoms with Crippen LogP contribution < -0.4 is 0 Å². The van der Waals surface area contributed by atoms with Crippen molar-refractivity contribution in [1.82, 2.24) is 4.90 Å². The van der Waals surface area contributed by atoms with Gasteiger partial charge in [0, 0.05) is 13.1 Å². The molecule has 0 spiro atoms. The third kappa shape index (κ3) is 3.48. The molecule has 0 aromatic rings. The van der Waals surface area contributed by atoms with Crippen LogP contribution in [0, 0.1) is 17.8 Å². The lowest BCUT2D eigenvalue weighted by atomic mass is 9.78. The van der Waals surface area contributed by atoms with Crippen LogP contribution in [0.25, 0.3) is 0 Å². The van der Waals surface area contributed by atoms with Crippen LogP contribution in [0.15, 0.2) is 12.7 Å². The number of amides is 1. The number of nitrogens with zero attached hydrogens (tertiary/aromatic N) is 1. The van der Waals surface area contributed by atoms with Gasteiger partial charge >= 0.3 is 12.1 Å². The first kappa shape index (κ1) is 14.5. The van der Waals surface area contributed by atoms with Gasteiger partial charge in [0.15, 0.2) is 0 Å². The van der Waals surface area contributed by atoms with Crippen molar-refractivity contribution in [2.24, 2.45) is 17.8 Å². The predicted molar refractivity (Wildman–Crippen MR) is 67.2 cm³/mol. The zero-order chi connectivity index (χ0) is 13.7. The van der Waals surface area contributed by atoms with E-state index in [-0.39, 0.29) is 30.5 Å². The van der Waals surface area contributed by atoms with E-state index in [0.717, 1.165) is 0 Å². The second-order valence-corrected chi connectivity index (χ2v) is 4.95. The Morgan fingerprint density at radius 1 is 1.56 bits per heavy atom.